The summed E-state index contributed by atoms with van der Waals surface area (Å²) in [6, 6.07) is 21.1. The first-order chi connectivity index (χ1) is 8.93. The molecule has 4 rings (SSSR count). The van der Waals surface area contributed by atoms with E-state index in [4.69, 9.17) is 0 Å². The summed E-state index contributed by atoms with van der Waals surface area (Å²) in [4.78, 5) is 0. The monoisotopic (exact) mass is 282 g/mol. The van der Waals surface area contributed by atoms with E-state index in [1.54, 1.807) is 22.7 Å². The molecule has 0 atom stereocenters. The van der Waals surface area contributed by atoms with Gasteiger partial charge in [-0.1, -0.05) is 36.4 Å². The molecule has 19 heavy (non-hydrogen) atoms. The molecule has 0 bridgehead atoms. The van der Waals surface area contributed by atoms with Gasteiger partial charge in [0.2, 0.25) is 0 Å². The SMILES string of the molecule is B.c1ccc2sccc2c1.c1ccc2sccc2c1. The molecular formula is C16H15BS2. The molecule has 0 spiro atoms. The van der Waals surface area contributed by atoms with Gasteiger partial charge in [0.15, 0.2) is 0 Å². The van der Waals surface area contributed by atoms with Gasteiger partial charge in [-0.05, 0) is 45.8 Å². The zero-order valence-electron chi connectivity index (χ0n) is 9.74. The van der Waals surface area contributed by atoms with E-state index in [-0.39, 0.29) is 8.41 Å². The van der Waals surface area contributed by atoms with Crippen molar-refractivity contribution in [2.45, 2.75) is 0 Å². The van der Waals surface area contributed by atoms with E-state index in [1.807, 2.05) is 0 Å². The second-order valence-electron chi connectivity index (χ2n) is 3.92. The minimum absolute atomic E-state index is 0. The average Bonchev–Trinajstić information content (AvgIpc) is 3.08. The first-order valence-corrected chi connectivity index (χ1v) is 7.54. The predicted octanol–water partition coefficient (Wildman–Crippen LogP) is 4.62. The first kappa shape index (κ1) is 13.8. The Balaban J connectivity index is 0.000000133. The molecule has 0 radical (unpaired) electrons. The van der Waals surface area contributed by atoms with E-state index in [9.17, 15) is 0 Å². The molecule has 0 saturated heterocycles. The third-order valence-corrected chi connectivity index (χ3v) is 4.52. The van der Waals surface area contributed by atoms with Crippen LogP contribution < -0.4 is 0 Å². The number of thiophene rings is 2. The van der Waals surface area contributed by atoms with E-state index < -0.39 is 0 Å². The molecule has 0 saturated carbocycles. The topological polar surface area (TPSA) is 0 Å². The standard InChI is InChI=1S/2C8H6S.BH3/c2*1-2-4-8-7(3-1)5-6-9-8;/h2*1-6H;1H3. The van der Waals surface area contributed by atoms with Crippen molar-refractivity contribution in [2.75, 3.05) is 0 Å². The van der Waals surface area contributed by atoms with Crippen LogP contribution in [0.15, 0.2) is 71.4 Å². The van der Waals surface area contributed by atoms with E-state index in [2.05, 4.69) is 71.4 Å². The highest BCUT2D eigenvalue weighted by Gasteiger charge is 1.88. The molecule has 0 N–H and O–H groups in total. The minimum atomic E-state index is 0. The summed E-state index contributed by atoms with van der Waals surface area (Å²) in [7, 11) is 0. The van der Waals surface area contributed by atoms with Crippen LogP contribution in [0.2, 0.25) is 0 Å². The van der Waals surface area contributed by atoms with Gasteiger partial charge in [-0.3, -0.25) is 0 Å². The number of benzene rings is 2. The van der Waals surface area contributed by atoms with E-state index >= 15 is 0 Å². The lowest BCUT2D eigenvalue weighted by atomic mass is 10.3. The number of fused-ring (bicyclic) bond motifs is 2. The Labute approximate surface area is 122 Å². The molecule has 4 aromatic rings. The quantitative estimate of drug-likeness (QED) is 0.413. The lowest BCUT2D eigenvalue weighted by Gasteiger charge is -1.82. The van der Waals surface area contributed by atoms with Crippen molar-refractivity contribution in [3.05, 3.63) is 71.4 Å². The van der Waals surface area contributed by atoms with Crippen molar-refractivity contribution in [2.24, 2.45) is 0 Å². The summed E-state index contributed by atoms with van der Waals surface area (Å²) < 4.78 is 2.75. The molecule has 0 aliphatic rings. The fraction of sp³-hybridized carbons (Fsp3) is 0. The Bertz CT molecular complexity index is 629. The third kappa shape index (κ3) is 3.25. The Morgan fingerprint density at radius 2 is 0.947 bits per heavy atom. The van der Waals surface area contributed by atoms with Gasteiger partial charge >= 0.3 is 0 Å². The van der Waals surface area contributed by atoms with Crippen molar-refractivity contribution in [3.8, 4) is 0 Å². The van der Waals surface area contributed by atoms with Gasteiger partial charge in [-0.25, -0.2) is 0 Å². The number of rotatable bonds is 0. The van der Waals surface area contributed by atoms with Gasteiger partial charge < -0.3 is 0 Å². The molecule has 2 aromatic heterocycles. The van der Waals surface area contributed by atoms with Crippen LogP contribution in [0.5, 0.6) is 0 Å². The molecule has 2 heterocycles. The Kier molecular flexibility index (Phi) is 4.77. The summed E-state index contributed by atoms with van der Waals surface area (Å²) in [5, 5.41) is 6.93. The average molecular weight is 282 g/mol. The van der Waals surface area contributed by atoms with Crippen LogP contribution in [0.25, 0.3) is 20.2 Å². The molecule has 0 nitrogen and oxygen atoms in total. The van der Waals surface area contributed by atoms with Crippen molar-refractivity contribution in [1.29, 1.82) is 0 Å². The summed E-state index contributed by atoms with van der Waals surface area (Å²) >= 11 is 3.57. The van der Waals surface area contributed by atoms with Gasteiger partial charge in [0, 0.05) is 9.40 Å². The van der Waals surface area contributed by atoms with Crippen LogP contribution in [-0.2, 0) is 0 Å². The molecule has 2 aromatic carbocycles. The molecule has 0 fully saturated rings. The fourth-order valence-corrected chi connectivity index (χ4v) is 3.39. The van der Waals surface area contributed by atoms with Gasteiger partial charge in [0.05, 0.1) is 8.41 Å². The second-order valence-corrected chi connectivity index (χ2v) is 5.81. The van der Waals surface area contributed by atoms with Crippen molar-refractivity contribution < 1.29 is 0 Å². The molecular weight excluding hydrogens is 267 g/mol. The van der Waals surface area contributed by atoms with Crippen LogP contribution in [0, 0.1) is 0 Å². The third-order valence-electron chi connectivity index (χ3n) is 2.72. The molecule has 3 heteroatoms. The largest absolute Gasteiger partial charge is 0.144 e. The summed E-state index contributed by atoms with van der Waals surface area (Å²) in [5.74, 6) is 0. The van der Waals surface area contributed by atoms with Gasteiger partial charge in [-0.2, -0.15) is 0 Å². The normalized spacial score (nSPS) is 9.68. The zero-order chi connectivity index (χ0) is 12.2. The number of hydrogen-bond donors (Lipinski definition) is 0. The molecule has 0 unspecified atom stereocenters. The maximum atomic E-state index is 2.14. The van der Waals surface area contributed by atoms with Crippen molar-refractivity contribution >= 4 is 51.3 Å². The van der Waals surface area contributed by atoms with Gasteiger partial charge in [0.25, 0.3) is 0 Å². The second kappa shape index (κ2) is 6.55. The van der Waals surface area contributed by atoms with E-state index in [0.29, 0.717) is 0 Å². The molecule has 0 aliphatic carbocycles. The molecule has 94 valence electrons. The van der Waals surface area contributed by atoms with Crippen molar-refractivity contribution in [1.82, 2.24) is 0 Å². The summed E-state index contributed by atoms with van der Waals surface area (Å²) in [6.45, 7) is 0. The molecule has 0 amide bonds. The van der Waals surface area contributed by atoms with Gasteiger partial charge in [-0.15, -0.1) is 22.7 Å². The summed E-state index contributed by atoms with van der Waals surface area (Å²) in [6.07, 6.45) is 0. The Hall–Kier alpha value is -1.58. The lowest BCUT2D eigenvalue weighted by molar-refractivity contribution is 1.86. The minimum Gasteiger partial charge on any atom is -0.144 e. The highest BCUT2D eigenvalue weighted by molar-refractivity contribution is 7.17. The van der Waals surface area contributed by atoms with Crippen LogP contribution in [-0.4, -0.2) is 8.41 Å². The maximum absolute atomic E-state index is 2.14. The Morgan fingerprint density at radius 1 is 0.526 bits per heavy atom. The zero-order valence-corrected chi connectivity index (χ0v) is 11.4. The highest BCUT2D eigenvalue weighted by atomic mass is 32.1. The van der Waals surface area contributed by atoms with Crippen LogP contribution in [0.3, 0.4) is 0 Å². The van der Waals surface area contributed by atoms with E-state index in [1.165, 1.54) is 20.2 Å². The smallest absolute Gasteiger partial charge is 0.0814 e. The van der Waals surface area contributed by atoms with Crippen LogP contribution in [0.1, 0.15) is 0 Å². The summed E-state index contributed by atoms with van der Waals surface area (Å²) in [5.41, 5.74) is 0. The van der Waals surface area contributed by atoms with Crippen molar-refractivity contribution in [3.63, 3.8) is 0 Å². The van der Waals surface area contributed by atoms with E-state index in [0.717, 1.165) is 0 Å². The number of hydrogen-bond acceptors (Lipinski definition) is 2. The fourth-order valence-electron chi connectivity index (χ4n) is 1.81. The maximum Gasteiger partial charge on any atom is 0.0814 e. The van der Waals surface area contributed by atoms with Crippen LogP contribution >= 0.6 is 22.7 Å². The highest BCUT2D eigenvalue weighted by Crippen LogP contribution is 2.19. The van der Waals surface area contributed by atoms with Crippen LogP contribution in [0.4, 0.5) is 0 Å². The lowest BCUT2D eigenvalue weighted by Crippen LogP contribution is -1.56. The Morgan fingerprint density at radius 3 is 1.37 bits per heavy atom. The molecule has 0 aliphatic heterocycles. The van der Waals surface area contributed by atoms with Gasteiger partial charge in [0.1, 0.15) is 0 Å². The predicted molar refractivity (Wildman–Crippen MR) is 93.6 cm³/mol. The first-order valence-electron chi connectivity index (χ1n) is 5.78.